The Morgan fingerprint density at radius 2 is 1.20 bits per heavy atom. The fourth-order valence-corrected chi connectivity index (χ4v) is 4.89. The third-order valence-corrected chi connectivity index (χ3v) is 7.48. The van der Waals surface area contributed by atoms with Crippen LogP contribution in [0.3, 0.4) is 0 Å². The SMILES string of the molecule is O=C(N[C@@H](CNS(=O)(=O)c1ccc(-c2ccccc2)cc1)C(=O)O)c1ccc(-c2ccc(C(F)(F)F)cc2)cc1. The van der Waals surface area contributed by atoms with Gasteiger partial charge in [-0.15, -0.1) is 0 Å². The van der Waals surface area contributed by atoms with Crippen LogP contribution >= 0.6 is 0 Å². The summed E-state index contributed by atoms with van der Waals surface area (Å²) in [4.78, 5) is 24.3. The van der Waals surface area contributed by atoms with E-state index in [1.807, 2.05) is 30.3 Å². The fourth-order valence-electron chi connectivity index (χ4n) is 3.84. The van der Waals surface area contributed by atoms with Gasteiger partial charge in [-0.1, -0.05) is 66.7 Å². The summed E-state index contributed by atoms with van der Waals surface area (Å²) >= 11 is 0. The van der Waals surface area contributed by atoms with Gasteiger partial charge in [0.2, 0.25) is 10.0 Å². The molecule has 0 fully saturated rings. The fraction of sp³-hybridized carbons (Fsp3) is 0.103. The molecule has 1 amide bonds. The van der Waals surface area contributed by atoms with E-state index < -0.39 is 46.2 Å². The van der Waals surface area contributed by atoms with Crippen LogP contribution in [0.1, 0.15) is 15.9 Å². The number of alkyl halides is 3. The number of carboxylic acids is 1. The molecule has 3 N–H and O–H groups in total. The van der Waals surface area contributed by atoms with Crippen molar-refractivity contribution in [2.75, 3.05) is 6.54 Å². The van der Waals surface area contributed by atoms with E-state index in [0.717, 1.165) is 23.3 Å². The topological polar surface area (TPSA) is 113 Å². The summed E-state index contributed by atoms with van der Waals surface area (Å²) in [5, 5.41) is 11.8. The van der Waals surface area contributed by atoms with Gasteiger partial charge in [0.05, 0.1) is 10.5 Å². The smallest absolute Gasteiger partial charge is 0.416 e. The van der Waals surface area contributed by atoms with E-state index in [9.17, 15) is 36.3 Å². The van der Waals surface area contributed by atoms with Crippen LogP contribution in [0.2, 0.25) is 0 Å². The van der Waals surface area contributed by atoms with Crippen molar-refractivity contribution in [1.29, 1.82) is 0 Å². The van der Waals surface area contributed by atoms with Crippen molar-refractivity contribution in [2.24, 2.45) is 0 Å². The maximum absolute atomic E-state index is 12.8. The molecule has 0 aliphatic carbocycles. The molecule has 0 saturated heterocycles. The van der Waals surface area contributed by atoms with Crippen LogP contribution < -0.4 is 10.0 Å². The first kappa shape index (κ1) is 28.5. The summed E-state index contributed by atoms with van der Waals surface area (Å²) in [5.41, 5.74) is 2.05. The lowest BCUT2D eigenvalue weighted by atomic mass is 10.0. The van der Waals surface area contributed by atoms with Crippen LogP contribution in [-0.4, -0.2) is 38.0 Å². The van der Waals surface area contributed by atoms with Crippen molar-refractivity contribution in [3.05, 3.63) is 114 Å². The van der Waals surface area contributed by atoms with E-state index in [1.165, 1.54) is 48.5 Å². The van der Waals surface area contributed by atoms with Crippen molar-refractivity contribution in [1.82, 2.24) is 10.0 Å². The zero-order chi connectivity index (χ0) is 28.9. The molecule has 40 heavy (non-hydrogen) atoms. The van der Waals surface area contributed by atoms with Crippen molar-refractivity contribution < 1.29 is 36.3 Å². The molecule has 7 nitrogen and oxygen atoms in total. The predicted octanol–water partition coefficient (Wildman–Crippen LogP) is 5.20. The number of carbonyl (C=O) groups is 2. The maximum atomic E-state index is 12.8. The Bertz CT molecular complexity index is 1590. The zero-order valence-corrected chi connectivity index (χ0v) is 21.5. The second-order valence-electron chi connectivity index (χ2n) is 8.76. The molecular formula is C29H23F3N2O5S. The van der Waals surface area contributed by atoms with Gasteiger partial charge >= 0.3 is 12.1 Å². The van der Waals surface area contributed by atoms with Crippen molar-refractivity contribution >= 4 is 21.9 Å². The molecule has 0 heterocycles. The van der Waals surface area contributed by atoms with E-state index in [0.29, 0.717) is 11.1 Å². The molecule has 0 aliphatic rings. The van der Waals surface area contributed by atoms with Crippen molar-refractivity contribution in [3.63, 3.8) is 0 Å². The lowest BCUT2D eigenvalue weighted by Crippen LogP contribution is -2.48. The number of nitrogens with one attached hydrogen (secondary N) is 2. The first-order valence-corrected chi connectivity index (χ1v) is 13.4. The highest BCUT2D eigenvalue weighted by molar-refractivity contribution is 7.89. The number of sulfonamides is 1. The molecule has 4 aromatic rings. The second kappa shape index (κ2) is 11.7. The maximum Gasteiger partial charge on any atom is 0.416 e. The van der Waals surface area contributed by atoms with Crippen LogP contribution in [0.5, 0.6) is 0 Å². The largest absolute Gasteiger partial charge is 0.480 e. The number of benzene rings is 4. The minimum atomic E-state index is -4.46. The molecule has 11 heteroatoms. The summed E-state index contributed by atoms with van der Waals surface area (Å²) < 4.78 is 66.0. The Kier molecular flexibility index (Phi) is 8.36. The number of hydrogen-bond acceptors (Lipinski definition) is 4. The van der Waals surface area contributed by atoms with Crippen LogP contribution in [0.15, 0.2) is 108 Å². The minimum absolute atomic E-state index is 0.0681. The molecular weight excluding hydrogens is 545 g/mol. The van der Waals surface area contributed by atoms with Gasteiger partial charge in [-0.25, -0.2) is 17.9 Å². The third-order valence-electron chi connectivity index (χ3n) is 6.05. The van der Waals surface area contributed by atoms with Crippen LogP contribution in [0.25, 0.3) is 22.3 Å². The zero-order valence-electron chi connectivity index (χ0n) is 20.7. The predicted molar refractivity (Wildman–Crippen MR) is 143 cm³/mol. The Morgan fingerprint density at radius 3 is 1.70 bits per heavy atom. The molecule has 4 rings (SSSR count). The summed E-state index contributed by atoms with van der Waals surface area (Å²) in [5.74, 6) is -2.21. The Balaban J connectivity index is 1.39. The number of carboxylic acid groups (broad SMARTS) is 1. The molecule has 0 unspecified atom stereocenters. The number of amides is 1. The highest BCUT2D eigenvalue weighted by Gasteiger charge is 2.30. The van der Waals surface area contributed by atoms with Gasteiger partial charge in [-0.3, -0.25) is 4.79 Å². The molecule has 0 spiro atoms. The van der Waals surface area contributed by atoms with Crippen LogP contribution in [-0.2, 0) is 21.0 Å². The summed E-state index contributed by atoms with van der Waals surface area (Å²) in [6.45, 7) is -0.604. The van der Waals surface area contributed by atoms with Gasteiger partial charge in [0.15, 0.2) is 0 Å². The van der Waals surface area contributed by atoms with E-state index in [1.54, 1.807) is 12.1 Å². The molecule has 0 saturated carbocycles. The summed E-state index contributed by atoms with van der Waals surface area (Å²) in [7, 11) is -4.07. The van der Waals surface area contributed by atoms with E-state index in [2.05, 4.69) is 10.0 Å². The minimum Gasteiger partial charge on any atom is -0.480 e. The molecule has 0 aliphatic heterocycles. The standard InChI is InChI=1S/C29H23F3N2O5S/c30-29(31,32)24-14-10-21(11-15-24)20-6-8-23(9-7-20)27(35)34-26(28(36)37)18-33-40(38,39)25-16-12-22(13-17-25)19-4-2-1-3-5-19/h1-17,26,33H,18H2,(H,34,35)(H,36,37)/t26-/m0/s1. The van der Waals surface area contributed by atoms with Gasteiger partial charge in [-0.05, 0) is 58.7 Å². The summed E-state index contributed by atoms with van der Waals surface area (Å²) in [6, 6.07) is 24.1. The number of halogens is 3. The molecule has 0 bridgehead atoms. The number of rotatable bonds is 9. The number of aliphatic carboxylic acids is 1. The van der Waals surface area contributed by atoms with Crippen LogP contribution in [0.4, 0.5) is 13.2 Å². The average molecular weight is 569 g/mol. The van der Waals surface area contributed by atoms with Crippen LogP contribution in [0, 0.1) is 0 Å². The number of carbonyl (C=O) groups excluding carboxylic acids is 1. The Hall–Kier alpha value is -4.48. The molecule has 0 radical (unpaired) electrons. The molecule has 1 atom stereocenters. The van der Waals surface area contributed by atoms with Crippen molar-refractivity contribution in [2.45, 2.75) is 17.1 Å². The first-order chi connectivity index (χ1) is 18.9. The average Bonchev–Trinajstić information content (AvgIpc) is 2.95. The quantitative estimate of drug-likeness (QED) is 0.257. The lowest BCUT2D eigenvalue weighted by molar-refractivity contribution is -0.139. The van der Waals surface area contributed by atoms with Crippen molar-refractivity contribution in [3.8, 4) is 22.3 Å². The Labute approximate surface area is 228 Å². The van der Waals surface area contributed by atoms with E-state index in [-0.39, 0.29) is 10.5 Å². The first-order valence-electron chi connectivity index (χ1n) is 11.9. The third kappa shape index (κ3) is 6.93. The second-order valence-corrected chi connectivity index (χ2v) is 10.5. The monoisotopic (exact) mass is 568 g/mol. The van der Waals surface area contributed by atoms with E-state index in [4.69, 9.17) is 0 Å². The summed E-state index contributed by atoms with van der Waals surface area (Å²) in [6.07, 6.45) is -4.46. The molecule has 0 aromatic heterocycles. The van der Waals surface area contributed by atoms with Gasteiger partial charge < -0.3 is 10.4 Å². The highest BCUT2D eigenvalue weighted by atomic mass is 32.2. The number of hydrogen-bond donors (Lipinski definition) is 3. The molecule has 4 aromatic carbocycles. The highest BCUT2D eigenvalue weighted by Crippen LogP contribution is 2.31. The Morgan fingerprint density at radius 1 is 0.725 bits per heavy atom. The van der Waals surface area contributed by atoms with Gasteiger partial charge in [-0.2, -0.15) is 13.2 Å². The molecule has 206 valence electrons. The van der Waals surface area contributed by atoms with Gasteiger partial charge in [0.25, 0.3) is 5.91 Å². The van der Waals surface area contributed by atoms with E-state index >= 15 is 0 Å². The normalized spacial score (nSPS) is 12.5. The lowest BCUT2D eigenvalue weighted by Gasteiger charge is -2.16. The van der Waals surface area contributed by atoms with Gasteiger partial charge in [0.1, 0.15) is 6.04 Å². The van der Waals surface area contributed by atoms with Gasteiger partial charge in [0, 0.05) is 12.1 Å².